The molecule has 1 atom stereocenters. The van der Waals surface area contributed by atoms with E-state index in [1.807, 2.05) is 0 Å². The summed E-state index contributed by atoms with van der Waals surface area (Å²) in [6, 6.07) is 0. The van der Waals surface area contributed by atoms with E-state index in [9.17, 15) is 14.4 Å². The summed E-state index contributed by atoms with van der Waals surface area (Å²) in [4.78, 5) is 38.0. The Kier molecular flexibility index (Phi) is 48.8. The second kappa shape index (κ2) is 50.5. The minimum atomic E-state index is -0.770. The van der Waals surface area contributed by atoms with Crippen molar-refractivity contribution in [3.05, 3.63) is 24.3 Å². The Balaban J connectivity index is 4.33. The van der Waals surface area contributed by atoms with Crippen LogP contribution in [0.15, 0.2) is 24.3 Å². The van der Waals surface area contributed by atoms with Crippen LogP contribution in [0, 0.1) is 0 Å². The molecule has 0 amide bonds. The van der Waals surface area contributed by atoms with Crippen molar-refractivity contribution in [2.24, 2.45) is 0 Å². The normalized spacial score (nSPS) is 12.1. The zero-order chi connectivity index (χ0) is 44.4. The van der Waals surface area contributed by atoms with E-state index in [1.54, 1.807) is 0 Å². The van der Waals surface area contributed by atoms with E-state index in [1.165, 1.54) is 167 Å². The average Bonchev–Trinajstić information content (AvgIpc) is 3.26. The van der Waals surface area contributed by atoms with Crippen LogP contribution in [0.4, 0.5) is 0 Å². The Hall–Kier alpha value is -2.11. The predicted octanol–water partition coefficient (Wildman–Crippen LogP) is 17.5. The molecule has 6 heteroatoms. The van der Waals surface area contributed by atoms with Crippen LogP contribution in [0.1, 0.15) is 290 Å². The van der Waals surface area contributed by atoms with Gasteiger partial charge in [-0.05, 0) is 44.9 Å². The van der Waals surface area contributed by atoms with Crippen LogP contribution in [0.3, 0.4) is 0 Å². The molecular formula is C55H102O6. The molecule has 0 aliphatic heterocycles. The predicted molar refractivity (Wildman–Crippen MR) is 261 cm³/mol. The van der Waals surface area contributed by atoms with Crippen LogP contribution in [0.5, 0.6) is 0 Å². The molecule has 0 heterocycles. The van der Waals surface area contributed by atoms with Gasteiger partial charge < -0.3 is 14.2 Å². The van der Waals surface area contributed by atoms with Crippen LogP contribution < -0.4 is 0 Å². The smallest absolute Gasteiger partial charge is 0.306 e. The van der Waals surface area contributed by atoms with Crippen LogP contribution in [0.25, 0.3) is 0 Å². The summed E-state index contributed by atoms with van der Waals surface area (Å²) >= 11 is 0. The molecule has 0 aliphatic rings. The summed E-state index contributed by atoms with van der Waals surface area (Å²) in [5, 5.41) is 0. The van der Waals surface area contributed by atoms with Gasteiger partial charge in [0.2, 0.25) is 0 Å². The minimum Gasteiger partial charge on any atom is -0.462 e. The molecule has 0 saturated carbocycles. The Labute approximate surface area is 379 Å². The third-order valence-corrected chi connectivity index (χ3v) is 11.9. The highest BCUT2D eigenvalue weighted by molar-refractivity contribution is 5.71. The highest BCUT2D eigenvalue weighted by atomic mass is 16.6. The molecule has 0 saturated heterocycles. The van der Waals surface area contributed by atoms with Crippen molar-refractivity contribution in [2.45, 2.75) is 297 Å². The summed E-state index contributed by atoms with van der Waals surface area (Å²) in [6.45, 7) is 6.60. The van der Waals surface area contributed by atoms with Gasteiger partial charge in [-0.2, -0.15) is 0 Å². The number of hydrogen-bond donors (Lipinski definition) is 0. The van der Waals surface area contributed by atoms with E-state index in [-0.39, 0.29) is 31.1 Å². The Morgan fingerprint density at radius 2 is 0.623 bits per heavy atom. The molecule has 61 heavy (non-hydrogen) atoms. The van der Waals surface area contributed by atoms with Gasteiger partial charge in [0.05, 0.1) is 0 Å². The first kappa shape index (κ1) is 58.9. The zero-order valence-electron chi connectivity index (χ0n) is 40.9. The summed E-state index contributed by atoms with van der Waals surface area (Å²) in [7, 11) is 0. The van der Waals surface area contributed by atoms with Gasteiger partial charge in [0.25, 0.3) is 0 Å². The standard InChI is InChI=1S/C55H102O6/c1-4-7-10-13-16-19-22-25-27-28-31-33-36-39-42-45-48-54(57)60-51-52(50-59-53(56)47-44-41-38-35-32-29-24-21-18-15-12-9-6-3)61-55(58)49-46-43-40-37-34-30-26-23-20-17-14-11-8-5-2/h12,15,21,24,52H,4-11,13-14,16-20,22-23,25-51H2,1-3H3/b15-12-,24-21-. The largest absolute Gasteiger partial charge is 0.462 e. The lowest BCUT2D eigenvalue weighted by atomic mass is 10.0. The number of rotatable bonds is 49. The van der Waals surface area contributed by atoms with Crippen molar-refractivity contribution in [1.82, 2.24) is 0 Å². The molecule has 0 radical (unpaired) electrons. The summed E-state index contributed by atoms with van der Waals surface area (Å²) in [6.07, 6.45) is 57.3. The fraction of sp³-hybridized carbons (Fsp3) is 0.873. The third-order valence-electron chi connectivity index (χ3n) is 11.9. The van der Waals surface area contributed by atoms with Crippen LogP contribution >= 0.6 is 0 Å². The number of hydrogen-bond acceptors (Lipinski definition) is 6. The zero-order valence-corrected chi connectivity index (χ0v) is 40.9. The fourth-order valence-corrected chi connectivity index (χ4v) is 7.89. The van der Waals surface area contributed by atoms with Gasteiger partial charge in [-0.3, -0.25) is 14.4 Å². The van der Waals surface area contributed by atoms with Crippen molar-refractivity contribution in [1.29, 1.82) is 0 Å². The van der Waals surface area contributed by atoms with Crippen molar-refractivity contribution < 1.29 is 28.6 Å². The van der Waals surface area contributed by atoms with Gasteiger partial charge in [-0.25, -0.2) is 0 Å². The number of carbonyl (C=O) groups is 3. The topological polar surface area (TPSA) is 78.9 Å². The first-order chi connectivity index (χ1) is 30.0. The molecule has 0 aromatic rings. The second-order valence-electron chi connectivity index (χ2n) is 18.2. The van der Waals surface area contributed by atoms with Crippen molar-refractivity contribution in [3.8, 4) is 0 Å². The number of esters is 3. The lowest BCUT2D eigenvalue weighted by molar-refractivity contribution is -0.167. The molecule has 0 aliphatic carbocycles. The van der Waals surface area contributed by atoms with Crippen molar-refractivity contribution >= 4 is 17.9 Å². The van der Waals surface area contributed by atoms with Crippen LogP contribution in [-0.4, -0.2) is 37.2 Å². The van der Waals surface area contributed by atoms with Crippen LogP contribution in [0.2, 0.25) is 0 Å². The van der Waals surface area contributed by atoms with Gasteiger partial charge in [0.1, 0.15) is 13.2 Å². The average molecular weight is 859 g/mol. The number of unbranched alkanes of at least 4 members (excludes halogenated alkanes) is 34. The molecule has 1 unspecified atom stereocenters. The van der Waals surface area contributed by atoms with E-state index in [2.05, 4.69) is 45.1 Å². The molecule has 0 fully saturated rings. The Morgan fingerprint density at radius 1 is 0.328 bits per heavy atom. The van der Waals surface area contributed by atoms with Gasteiger partial charge in [0, 0.05) is 19.3 Å². The number of ether oxygens (including phenoxy) is 3. The SMILES string of the molecule is CCC/C=C\C/C=C\CCCCCCCC(=O)OCC(COC(=O)CCCCCCCCCCCCCCCCCC)OC(=O)CCCCCCCCCCCCCCCC. The summed E-state index contributed by atoms with van der Waals surface area (Å²) < 4.78 is 16.8. The first-order valence-electron chi connectivity index (χ1n) is 26.8. The molecule has 358 valence electrons. The lowest BCUT2D eigenvalue weighted by Gasteiger charge is -2.18. The molecule has 0 aromatic heterocycles. The van der Waals surface area contributed by atoms with Crippen LogP contribution in [-0.2, 0) is 28.6 Å². The van der Waals surface area contributed by atoms with Gasteiger partial charge in [-0.15, -0.1) is 0 Å². The maximum Gasteiger partial charge on any atom is 0.306 e. The van der Waals surface area contributed by atoms with Crippen molar-refractivity contribution in [2.75, 3.05) is 13.2 Å². The molecule has 6 nitrogen and oxygen atoms in total. The first-order valence-corrected chi connectivity index (χ1v) is 26.8. The number of allylic oxidation sites excluding steroid dienone is 4. The van der Waals surface area contributed by atoms with E-state index in [4.69, 9.17) is 14.2 Å². The highest BCUT2D eigenvalue weighted by Gasteiger charge is 2.19. The monoisotopic (exact) mass is 859 g/mol. The van der Waals surface area contributed by atoms with E-state index in [0.29, 0.717) is 19.3 Å². The summed E-state index contributed by atoms with van der Waals surface area (Å²) in [5.74, 6) is -0.868. The second-order valence-corrected chi connectivity index (χ2v) is 18.2. The number of carbonyl (C=O) groups excluding carboxylic acids is 3. The molecule has 0 rings (SSSR count). The maximum atomic E-state index is 12.8. The lowest BCUT2D eigenvalue weighted by Crippen LogP contribution is -2.30. The van der Waals surface area contributed by atoms with E-state index < -0.39 is 6.10 Å². The quantitative estimate of drug-likeness (QED) is 0.0262. The van der Waals surface area contributed by atoms with E-state index >= 15 is 0 Å². The Bertz CT molecular complexity index is 989. The Morgan fingerprint density at radius 3 is 0.967 bits per heavy atom. The van der Waals surface area contributed by atoms with E-state index in [0.717, 1.165) is 83.5 Å². The molecule has 0 spiro atoms. The summed E-state index contributed by atoms with van der Waals surface area (Å²) in [5.41, 5.74) is 0. The molecule has 0 bridgehead atoms. The van der Waals surface area contributed by atoms with Gasteiger partial charge in [-0.1, -0.05) is 251 Å². The third kappa shape index (κ3) is 48.8. The minimum absolute atomic E-state index is 0.0705. The molecule has 0 N–H and O–H groups in total. The molecule has 0 aromatic carbocycles. The molecular weight excluding hydrogens is 757 g/mol. The maximum absolute atomic E-state index is 12.8. The highest BCUT2D eigenvalue weighted by Crippen LogP contribution is 2.16. The fourth-order valence-electron chi connectivity index (χ4n) is 7.89. The van der Waals surface area contributed by atoms with Crippen molar-refractivity contribution in [3.63, 3.8) is 0 Å². The van der Waals surface area contributed by atoms with Gasteiger partial charge in [0.15, 0.2) is 6.10 Å². The van der Waals surface area contributed by atoms with Gasteiger partial charge >= 0.3 is 17.9 Å².